The highest BCUT2D eigenvalue weighted by Crippen LogP contribution is 2.24. The molecule has 116 valence electrons. The van der Waals surface area contributed by atoms with E-state index in [1.165, 1.54) is 0 Å². The van der Waals surface area contributed by atoms with E-state index in [1.54, 1.807) is 0 Å². The lowest BCUT2D eigenvalue weighted by Crippen LogP contribution is -2.41. The van der Waals surface area contributed by atoms with Crippen molar-refractivity contribution in [3.8, 4) is 0 Å². The van der Waals surface area contributed by atoms with Crippen molar-refractivity contribution in [1.82, 2.24) is 5.32 Å². The van der Waals surface area contributed by atoms with Gasteiger partial charge in [0.05, 0.1) is 19.3 Å². The standard InChI is InChI=1S/C17H25NO3/c1-13(11-21-12-14-5-3-2-4-6-14)18-17(20)15-7-9-16(19)10-8-15/h2-6,13,15-16,19H,7-12H2,1H3,(H,18,20). The topological polar surface area (TPSA) is 58.6 Å². The molecule has 0 aromatic heterocycles. The smallest absolute Gasteiger partial charge is 0.223 e. The van der Waals surface area contributed by atoms with Crippen LogP contribution in [0.1, 0.15) is 38.2 Å². The number of hydrogen-bond acceptors (Lipinski definition) is 3. The molecule has 0 spiro atoms. The summed E-state index contributed by atoms with van der Waals surface area (Å²) in [6, 6.07) is 10.0. The molecule has 2 rings (SSSR count). The number of rotatable bonds is 6. The van der Waals surface area contributed by atoms with E-state index in [1.807, 2.05) is 37.3 Å². The summed E-state index contributed by atoms with van der Waals surface area (Å²) in [5, 5.41) is 12.5. The van der Waals surface area contributed by atoms with E-state index >= 15 is 0 Å². The second-order valence-electron chi connectivity index (χ2n) is 5.92. The van der Waals surface area contributed by atoms with Crippen molar-refractivity contribution in [3.63, 3.8) is 0 Å². The maximum absolute atomic E-state index is 12.1. The Morgan fingerprint density at radius 2 is 1.95 bits per heavy atom. The minimum absolute atomic E-state index is 0.00747. The van der Waals surface area contributed by atoms with Crippen LogP contribution >= 0.6 is 0 Å². The predicted octanol–water partition coefficient (Wildman–Crippen LogP) is 2.26. The lowest BCUT2D eigenvalue weighted by molar-refractivity contribution is -0.127. The van der Waals surface area contributed by atoms with Gasteiger partial charge in [0, 0.05) is 12.0 Å². The average molecular weight is 291 g/mol. The number of ether oxygens (including phenoxy) is 1. The van der Waals surface area contributed by atoms with E-state index in [0.29, 0.717) is 13.2 Å². The van der Waals surface area contributed by atoms with Crippen LogP contribution < -0.4 is 5.32 Å². The van der Waals surface area contributed by atoms with Crippen LogP contribution in [0.5, 0.6) is 0 Å². The van der Waals surface area contributed by atoms with Crippen molar-refractivity contribution < 1.29 is 14.6 Å². The maximum Gasteiger partial charge on any atom is 0.223 e. The fraction of sp³-hybridized carbons (Fsp3) is 0.588. The normalized spacial score (nSPS) is 23.5. The molecule has 0 aliphatic heterocycles. The number of aliphatic hydroxyl groups is 1. The maximum atomic E-state index is 12.1. The van der Waals surface area contributed by atoms with Crippen LogP contribution in [0.4, 0.5) is 0 Å². The number of hydrogen-bond donors (Lipinski definition) is 2. The Labute approximate surface area is 126 Å². The molecule has 1 fully saturated rings. The predicted molar refractivity (Wildman–Crippen MR) is 81.7 cm³/mol. The molecule has 2 N–H and O–H groups in total. The van der Waals surface area contributed by atoms with Crippen molar-refractivity contribution in [2.45, 2.75) is 51.4 Å². The highest BCUT2D eigenvalue weighted by Gasteiger charge is 2.25. The Hall–Kier alpha value is -1.39. The van der Waals surface area contributed by atoms with Crippen LogP contribution in [0.3, 0.4) is 0 Å². The van der Waals surface area contributed by atoms with Gasteiger partial charge in [-0.3, -0.25) is 4.79 Å². The summed E-state index contributed by atoms with van der Waals surface area (Å²) in [6.45, 7) is 3.03. The minimum Gasteiger partial charge on any atom is -0.393 e. The summed E-state index contributed by atoms with van der Waals surface area (Å²) in [6.07, 6.45) is 2.81. The monoisotopic (exact) mass is 291 g/mol. The van der Waals surface area contributed by atoms with E-state index in [-0.39, 0.29) is 24.0 Å². The van der Waals surface area contributed by atoms with Crippen LogP contribution in [0.15, 0.2) is 30.3 Å². The number of carbonyl (C=O) groups is 1. The van der Waals surface area contributed by atoms with Gasteiger partial charge in [0.15, 0.2) is 0 Å². The number of amides is 1. The summed E-state index contributed by atoms with van der Waals surface area (Å²) in [5.74, 6) is 0.141. The molecule has 1 aromatic carbocycles. The molecule has 0 radical (unpaired) electrons. The third-order valence-corrected chi connectivity index (χ3v) is 3.94. The van der Waals surface area contributed by atoms with Gasteiger partial charge >= 0.3 is 0 Å². The summed E-state index contributed by atoms with van der Waals surface area (Å²) < 4.78 is 5.63. The summed E-state index contributed by atoms with van der Waals surface area (Å²) in [5.41, 5.74) is 1.14. The zero-order valence-electron chi connectivity index (χ0n) is 12.6. The average Bonchev–Trinajstić information content (AvgIpc) is 2.49. The van der Waals surface area contributed by atoms with Gasteiger partial charge in [-0.2, -0.15) is 0 Å². The van der Waals surface area contributed by atoms with E-state index < -0.39 is 0 Å². The molecule has 21 heavy (non-hydrogen) atoms. The van der Waals surface area contributed by atoms with Crippen molar-refractivity contribution in [1.29, 1.82) is 0 Å². The zero-order valence-corrected chi connectivity index (χ0v) is 12.6. The number of benzene rings is 1. The highest BCUT2D eigenvalue weighted by atomic mass is 16.5. The van der Waals surface area contributed by atoms with E-state index in [9.17, 15) is 9.90 Å². The molecule has 1 saturated carbocycles. The Kier molecular flexibility index (Phi) is 6.21. The molecule has 1 atom stereocenters. The number of nitrogens with one attached hydrogen (secondary N) is 1. The second kappa shape index (κ2) is 8.15. The van der Waals surface area contributed by atoms with Gasteiger partial charge in [-0.1, -0.05) is 30.3 Å². The van der Waals surface area contributed by atoms with Gasteiger partial charge in [-0.05, 0) is 38.2 Å². The fourth-order valence-corrected chi connectivity index (χ4v) is 2.67. The van der Waals surface area contributed by atoms with Crippen molar-refractivity contribution >= 4 is 5.91 Å². The first kappa shape index (κ1) is 16.0. The van der Waals surface area contributed by atoms with Gasteiger partial charge < -0.3 is 15.2 Å². The Morgan fingerprint density at radius 3 is 2.62 bits per heavy atom. The molecule has 1 aromatic rings. The van der Waals surface area contributed by atoms with E-state index in [0.717, 1.165) is 31.2 Å². The molecular weight excluding hydrogens is 266 g/mol. The SMILES string of the molecule is CC(COCc1ccccc1)NC(=O)C1CCC(O)CC1. The second-order valence-corrected chi connectivity index (χ2v) is 5.92. The molecular formula is C17H25NO3. The molecule has 1 aliphatic rings. The Balaban J connectivity index is 1.64. The highest BCUT2D eigenvalue weighted by molar-refractivity contribution is 5.79. The summed E-state index contributed by atoms with van der Waals surface area (Å²) >= 11 is 0. The van der Waals surface area contributed by atoms with Gasteiger partial charge in [-0.25, -0.2) is 0 Å². The van der Waals surface area contributed by atoms with Crippen molar-refractivity contribution in [2.24, 2.45) is 5.92 Å². The summed E-state index contributed by atoms with van der Waals surface area (Å²) in [7, 11) is 0. The molecule has 4 nitrogen and oxygen atoms in total. The molecule has 1 aliphatic carbocycles. The molecule has 4 heteroatoms. The van der Waals surface area contributed by atoms with Gasteiger partial charge in [0.2, 0.25) is 5.91 Å². The van der Waals surface area contributed by atoms with Crippen LogP contribution in [-0.2, 0) is 16.1 Å². The Bertz CT molecular complexity index is 427. The van der Waals surface area contributed by atoms with Crippen LogP contribution in [-0.4, -0.2) is 29.8 Å². The van der Waals surface area contributed by atoms with E-state index in [2.05, 4.69) is 5.32 Å². The Morgan fingerprint density at radius 1 is 1.29 bits per heavy atom. The third kappa shape index (κ3) is 5.48. The number of carbonyl (C=O) groups excluding carboxylic acids is 1. The summed E-state index contributed by atoms with van der Waals surface area (Å²) in [4.78, 5) is 12.1. The largest absolute Gasteiger partial charge is 0.393 e. The minimum atomic E-state index is -0.222. The first-order valence-electron chi connectivity index (χ1n) is 7.75. The van der Waals surface area contributed by atoms with Crippen molar-refractivity contribution in [2.75, 3.05) is 6.61 Å². The van der Waals surface area contributed by atoms with Crippen LogP contribution in [0.2, 0.25) is 0 Å². The lowest BCUT2D eigenvalue weighted by atomic mass is 9.87. The molecule has 1 amide bonds. The van der Waals surface area contributed by atoms with Crippen LogP contribution in [0, 0.1) is 5.92 Å². The quantitative estimate of drug-likeness (QED) is 0.845. The van der Waals surface area contributed by atoms with Gasteiger partial charge in [0.25, 0.3) is 0 Å². The van der Waals surface area contributed by atoms with Gasteiger partial charge in [-0.15, -0.1) is 0 Å². The third-order valence-electron chi connectivity index (χ3n) is 3.94. The van der Waals surface area contributed by atoms with E-state index in [4.69, 9.17) is 4.74 Å². The fourth-order valence-electron chi connectivity index (χ4n) is 2.67. The first-order chi connectivity index (χ1) is 10.1. The zero-order chi connectivity index (χ0) is 15.1. The van der Waals surface area contributed by atoms with Crippen LogP contribution in [0.25, 0.3) is 0 Å². The molecule has 0 saturated heterocycles. The number of aliphatic hydroxyl groups excluding tert-OH is 1. The lowest BCUT2D eigenvalue weighted by Gasteiger charge is -2.26. The first-order valence-corrected chi connectivity index (χ1v) is 7.75. The molecule has 0 heterocycles. The van der Waals surface area contributed by atoms with Gasteiger partial charge in [0.1, 0.15) is 0 Å². The van der Waals surface area contributed by atoms with Crippen molar-refractivity contribution in [3.05, 3.63) is 35.9 Å². The molecule has 1 unspecified atom stereocenters. The molecule has 0 bridgehead atoms.